The summed E-state index contributed by atoms with van der Waals surface area (Å²) in [6.07, 6.45) is 5.36. The van der Waals surface area contributed by atoms with Gasteiger partial charge in [0, 0.05) is 43.3 Å². The molecule has 2 fully saturated rings. The number of hydrogen-bond donors (Lipinski definition) is 2. The van der Waals surface area contributed by atoms with E-state index in [-0.39, 0.29) is 17.9 Å². The lowest BCUT2D eigenvalue weighted by Gasteiger charge is -2.34. The van der Waals surface area contributed by atoms with Gasteiger partial charge in [-0.3, -0.25) is 4.79 Å². The first-order valence-corrected chi connectivity index (χ1v) is 11.0. The number of rotatable bonds is 4. The van der Waals surface area contributed by atoms with Gasteiger partial charge in [-0.15, -0.1) is 11.3 Å². The molecule has 2 aromatic heterocycles. The molecule has 0 unspecified atom stereocenters. The van der Waals surface area contributed by atoms with E-state index in [1.54, 1.807) is 17.2 Å². The number of aromatic nitrogens is 2. The van der Waals surface area contributed by atoms with Gasteiger partial charge >= 0.3 is 12.0 Å². The van der Waals surface area contributed by atoms with Gasteiger partial charge in [-0.05, 0) is 31.7 Å². The summed E-state index contributed by atoms with van der Waals surface area (Å²) in [5, 5.41) is 5.21. The standard InChI is InChI=1S/C20H25N5O4S/c1-29-18(27)15-9-14(10-21-15)16-12-30-19(22-16)23-17(26)13-5-4-8-25(11-13)20(28)24-6-2-3-7-24/h9-10,12-13,21H,2-8,11H2,1H3,(H,22,23,26)/t13-/m1/s1. The third-order valence-electron chi connectivity index (χ3n) is 5.56. The second-order valence-electron chi connectivity index (χ2n) is 7.58. The Hall–Kier alpha value is -2.88. The highest BCUT2D eigenvalue weighted by Gasteiger charge is 2.31. The molecule has 0 aliphatic carbocycles. The summed E-state index contributed by atoms with van der Waals surface area (Å²) in [4.78, 5) is 48.0. The number of urea groups is 1. The first-order chi connectivity index (χ1) is 14.5. The van der Waals surface area contributed by atoms with E-state index < -0.39 is 5.97 Å². The van der Waals surface area contributed by atoms with Crippen LogP contribution < -0.4 is 5.32 Å². The monoisotopic (exact) mass is 431 g/mol. The zero-order valence-electron chi connectivity index (χ0n) is 16.8. The molecule has 0 radical (unpaired) electrons. The van der Waals surface area contributed by atoms with Gasteiger partial charge in [0.15, 0.2) is 5.13 Å². The maximum Gasteiger partial charge on any atom is 0.354 e. The number of piperidine rings is 1. The fraction of sp³-hybridized carbons (Fsp3) is 0.500. The van der Waals surface area contributed by atoms with Gasteiger partial charge in [0.25, 0.3) is 0 Å². The molecule has 9 nitrogen and oxygen atoms in total. The minimum Gasteiger partial charge on any atom is -0.464 e. The van der Waals surface area contributed by atoms with Gasteiger partial charge in [0.2, 0.25) is 5.91 Å². The molecule has 2 N–H and O–H groups in total. The number of nitrogens with one attached hydrogen (secondary N) is 2. The molecule has 3 amide bonds. The second kappa shape index (κ2) is 8.86. The van der Waals surface area contributed by atoms with E-state index in [9.17, 15) is 14.4 Å². The molecular formula is C20H25N5O4S. The first-order valence-electron chi connectivity index (χ1n) is 10.1. The number of esters is 1. The maximum atomic E-state index is 12.8. The number of amides is 3. The van der Waals surface area contributed by atoms with Gasteiger partial charge in [0.05, 0.1) is 18.7 Å². The SMILES string of the molecule is COC(=O)c1cc(-c2csc(NC(=O)[C@@H]3CCCN(C(=O)N4CCCC4)C3)n2)c[nH]1. The summed E-state index contributed by atoms with van der Waals surface area (Å²) in [6, 6.07) is 1.71. The molecule has 1 atom stereocenters. The van der Waals surface area contributed by atoms with Crippen LogP contribution in [0.1, 0.15) is 36.2 Å². The van der Waals surface area contributed by atoms with Crippen molar-refractivity contribution in [1.29, 1.82) is 0 Å². The highest BCUT2D eigenvalue weighted by molar-refractivity contribution is 7.14. The van der Waals surface area contributed by atoms with Gasteiger partial charge in [-0.25, -0.2) is 14.6 Å². The van der Waals surface area contributed by atoms with Crippen LogP contribution in [-0.4, -0.2) is 71.0 Å². The molecule has 0 saturated carbocycles. The van der Waals surface area contributed by atoms with E-state index in [1.165, 1.54) is 18.4 Å². The van der Waals surface area contributed by atoms with E-state index in [0.29, 0.717) is 29.6 Å². The average Bonchev–Trinajstić information content (AvgIpc) is 3.54. The predicted molar refractivity (Wildman–Crippen MR) is 112 cm³/mol. The molecule has 30 heavy (non-hydrogen) atoms. The van der Waals surface area contributed by atoms with Crippen LogP contribution in [0.4, 0.5) is 9.93 Å². The Morgan fingerprint density at radius 1 is 1.20 bits per heavy atom. The first kappa shape index (κ1) is 20.4. The number of aromatic amines is 1. The molecule has 0 spiro atoms. The van der Waals surface area contributed by atoms with Crippen LogP contribution in [0.2, 0.25) is 0 Å². The minimum atomic E-state index is -0.449. The highest BCUT2D eigenvalue weighted by Crippen LogP contribution is 2.27. The Morgan fingerprint density at radius 3 is 2.73 bits per heavy atom. The van der Waals surface area contributed by atoms with Gasteiger partial charge in [0.1, 0.15) is 5.69 Å². The second-order valence-corrected chi connectivity index (χ2v) is 8.44. The molecule has 10 heteroatoms. The molecule has 2 aromatic rings. The van der Waals surface area contributed by atoms with Crippen molar-refractivity contribution in [2.24, 2.45) is 5.92 Å². The van der Waals surface area contributed by atoms with Crippen LogP contribution in [-0.2, 0) is 9.53 Å². The van der Waals surface area contributed by atoms with Crippen LogP contribution in [0.15, 0.2) is 17.6 Å². The number of thiazole rings is 1. The summed E-state index contributed by atoms with van der Waals surface area (Å²) in [7, 11) is 1.32. The van der Waals surface area contributed by atoms with E-state index in [1.807, 2.05) is 10.3 Å². The normalized spacial score (nSPS) is 19.0. The van der Waals surface area contributed by atoms with E-state index in [4.69, 9.17) is 4.74 Å². The Kier molecular flexibility index (Phi) is 6.03. The maximum absolute atomic E-state index is 12.8. The predicted octanol–water partition coefficient (Wildman–Crippen LogP) is 2.79. The van der Waals surface area contributed by atoms with Crippen LogP contribution in [0, 0.1) is 5.92 Å². The summed E-state index contributed by atoms with van der Waals surface area (Å²) in [5.41, 5.74) is 1.75. The molecule has 2 aliphatic rings. The molecule has 2 saturated heterocycles. The number of carbonyl (C=O) groups excluding carboxylic acids is 3. The number of anilines is 1. The summed E-state index contributed by atoms with van der Waals surface area (Å²) in [5.74, 6) is -0.801. The Morgan fingerprint density at radius 2 is 1.97 bits per heavy atom. The van der Waals surface area contributed by atoms with Crippen molar-refractivity contribution in [3.05, 3.63) is 23.3 Å². The lowest BCUT2D eigenvalue weighted by Crippen LogP contribution is -2.48. The lowest BCUT2D eigenvalue weighted by molar-refractivity contribution is -0.121. The lowest BCUT2D eigenvalue weighted by atomic mass is 9.97. The number of nitrogens with zero attached hydrogens (tertiary/aromatic N) is 3. The van der Waals surface area contributed by atoms with Crippen molar-refractivity contribution in [2.45, 2.75) is 25.7 Å². The number of H-pyrrole nitrogens is 1. The van der Waals surface area contributed by atoms with Crippen molar-refractivity contribution in [2.75, 3.05) is 38.6 Å². The topological polar surface area (TPSA) is 108 Å². The fourth-order valence-corrected chi connectivity index (χ4v) is 4.64. The number of ether oxygens (including phenoxy) is 1. The fourth-order valence-electron chi connectivity index (χ4n) is 3.91. The quantitative estimate of drug-likeness (QED) is 0.724. The van der Waals surface area contributed by atoms with Crippen molar-refractivity contribution in [3.8, 4) is 11.3 Å². The van der Waals surface area contributed by atoms with Crippen LogP contribution in [0.3, 0.4) is 0 Å². The minimum absolute atomic E-state index is 0.0513. The van der Waals surface area contributed by atoms with Crippen molar-refractivity contribution < 1.29 is 19.1 Å². The van der Waals surface area contributed by atoms with Crippen molar-refractivity contribution in [3.63, 3.8) is 0 Å². The number of likely N-dealkylation sites (tertiary alicyclic amines) is 2. The molecule has 2 aliphatic heterocycles. The summed E-state index contributed by atoms with van der Waals surface area (Å²) >= 11 is 1.33. The Balaban J connectivity index is 1.36. The van der Waals surface area contributed by atoms with Crippen LogP contribution in [0.5, 0.6) is 0 Å². The third-order valence-corrected chi connectivity index (χ3v) is 6.32. The van der Waals surface area contributed by atoms with Gasteiger partial charge in [-0.2, -0.15) is 0 Å². The van der Waals surface area contributed by atoms with Crippen LogP contribution in [0.25, 0.3) is 11.3 Å². The Bertz CT molecular complexity index is 933. The smallest absolute Gasteiger partial charge is 0.354 e. The molecular weight excluding hydrogens is 406 g/mol. The van der Waals surface area contributed by atoms with E-state index in [0.717, 1.165) is 44.3 Å². The largest absolute Gasteiger partial charge is 0.464 e. The van der Waals surface area contributed by atoms with E-state index in [2.05, 4.69) is 15.3 Å². The Labute approximate surface area is 178 Å². The zero-order chi connectivity index (χ0) is 21.1. The van der Waals surface area contributed by atoms with Crippen molar-refractivity contribution in [1.82, 2.24) is 19.8 Å². The number of hydrogen-bond acceptors (Lipinski definition) is 6. The molecule has 4 rings (SSSR count). The average molecular weight is 432 g/mol. The molecule has 4 heterocycles. The van der Waals surface area contributed by atoms with E-state index >= 15 is 0 Å². The summed E-state index contributed by atoms with van der Waals surface area (Å²) < 4.78 is 4.69. The molecule has 0 bridgehead atoms. The molecule has 0 aromatic carbocycles. The third kappa shape index (κ3) is 4.33. The number of methoxy groups -OCH3 is 1. The van der Waals surface area contributed by atoms with Gasteiger partial charge < -0.3 is 24.8 Å². The van der Waals surface area contributed by atoms with Crippen LogP contribution >= 0.6 is 11.3 Å². The molecule has 160 valence electrons. The summed E-state index contributed by atoms with van der Waals surface area (Å²) in [6.45, 7) is 2.77. The van der Waals surface area contributed by atoms with Gasteiger partial charge in [-0.1, -0.05) is 0 Å². The highest BCUT2D eigenvalue weighted by atomic mass is 32.1. The zero-order valence-corrected chi connectivity index (χ0v) is 17.7. The van der Waals surface area contributed by atoms with Crippen molar-refractivity contribution >= 4 is 34.4 Å². The number of carbonyl (C=O) groups is 3.